The Hall–Kier alpha value is -2.53. The van der Waals surface area contributed by atoms with Crippen LogP contribution in [0.4, 0.5) is 0 Å². The van der Waals surface area contributed by atoms with E-state index >= 15 is 0 Å². The molecular weight excluding hydrogens is 404 g/mol. The van der Waals surface area contributed by atoms with E-state index in [4.69, 9.17) is 4.98 Å². The van der Waals surface area contributed by atoms with Crippen LogP contribution in [0.5, 0.6) is 0 Å². The smallest absolute Gasteiger partial charge is 0.0607 e. The fourth-order valence-electron chi connectivity index (χ4n) is 5.44. The number of rotatable bonds is 8. The first-order valence-electron chi connectivity index (χ1n) is 12.6. The highest BCUT2D eigenvalue weighted by Crippen LogP contribution is 2.34. The quantitative estimate of drug-likeness (QED) is 0.529. The zero-order chi connectivity index (χ0) is 22.5. The van der Waals surface area contributed by atoms with Crippen LogP contribution in [0.1, 0.15) is 59.3 Å². The molecule has 0 fully saturated rings. The molecule has 1 aromatic heterocycles. The Bertz CT molecular complexity index is 1050. The molecule has 2 aliphatic rings. The largest absolute Gasteiger partial charge is 0.313 e. The first-order valence-corrected chi connectivity index (χ1v) is 12.6. The average Bonchev–Trinajstić information content (AvgIpc) is 2.87. The van der Waals surface area contributed by atoms with Crippen molar-refractivity contribution >= 4 is 0 Å². The van der Waals surface area contributed by atoms with Crippen molar-refractivity contribution in [2.75, 3.05) is 13.1 Å². The molecule has 1 aliphatic heterocycles. The lowest BCUT2D eigenvalue weighted by molar-refractivity contribution is 0.145. The Morgan fingerprint density at radius 3 is 2.61 bits per heavy atom. The summed E-state index contributed by atoms with van der Waals surface area (Å²) >= 11 is 0. The van der Waals surface area contributed by atoms with Crippen LogP contribution in [0.3, 0.4) is 0 Å². The molecule has 0 radical (unpaired) electrons. The van der Waals surface area contributed by atoms with E-state index in [1.807, 2.05) is 6.20 Å². The van der Waals surface area contributed by atoms with Gasteiger partial charge >= 0.3 is 0 Å². The molecule has 3 aromatic rings. The standard InChI is InChI=1S/C29H36N4/c1-2-30-18-22-12-14-23(15-13-22)20-33(28-11-5-9-24-10-6-16-31-29(24)28)21-27-17-25-7-3-4-8-26(25)19-32-27/h3-4,6-8,10,12-16,27-28,30,32H,2,5,9,11,17-21H2,1H3/t27-,28+/m1/s1. The van der Waals surface area contributed by atoms with E-state index in [9.17, 15) is 0 Å². The summed E-state index contributed by atoms with van der Waals surface area (Å²) in [6.45, 7) is 7.05. The fraction of sp³-hybridized carbons (Fsp3) is 0.414. The Labute approximate surface area is 198 Å². The maximum Gasteiger partial charge on any atom is 0.0607 e. The van der Waals surface area contributed by atoms with E-state index < -0.39 is 0 Å². The lowest BCUT2D eigenvalue weighted by Gasteiger charge is -2.38. The van der Waals surface area contributed by atoms with Gasteiger partial charge in [-0.3, -0.25) is 9.88 Å². The fourth-order valence-corrected chi connectivity index (χ4v) is 5.44. The molecule has 0 unspecified atom stereocenters. The first kappa shape index (κ1) is 22.3. The summed E-state index contributed by atoms with van der Waals surface area (Å²) in [6.07, 6.45) is 6.64. The minimum Gasteiger partial charge on any atom is -0.313 e. The van der Waals surface area contributed by atoms with Crippen LogP contribution in [0.25, 0.3) is 0 Å². The predicted molar refractivity (Wildman–Crippen MR) is 135 cm³/mol. The van der Waals surface area contributed by atoms with Crippen molar-refractivity contribution in [1.29, 1.82) is 0 Å². The highest BCUT2D eigenvalue weighted by atomic mass is 15.2. The Kier molecular flexibility index (Phi) is 7.15. The molecule has 2 atom stereocenters. The van der Waals surface area contributed by atoms with Crippen LogP contribution in [0.2, 0.25) is 0 Å². The van der Waals surface area contributed by atoms with Crippen molar-refractivity contribution < 1.29 is 0 Å². The van der Waals surface area contributed by atoms with Gasteiger partial charge in [0.05, 0.1) is 11.7 Å². The first-order chi connectivity index (χ1) is 16.3. The van der Waals surface area contributed by atoms with Gasteiger partial charge in [-0.25, -0.2) is 0 Å². The van der Waals surface area contributed by atoms with Gasteiger partial charge in [0.25, 0.3) is 0 Å². The summed E-state index contributed by atoms with van der Waals surface area (Å²) in [5, 5.41) is 7.24. The molecule has 0 amide bonds. The third-order valence-corrected chi connectivity index (χ3v) is 7.21. The van der Waals surface area contributed by atoms with E-state index in [2.05, 4.69) is 83.1 Å². The van der Waals surface area contributed by atoms with Crippen LogP contribution < -0.4 is 10.6 Å². The number of fused-ring (bicyclic) bond motifs is 2. The normalized spacial score (nSPS) is 19.8. The molecule has 5 rings (SSSR count). The number of benzene rings is 2. The third-order valence-electron chi connectivity index (χ3n) is 7.21. The van der Waals surface area contributed by atoms with Crippen molar-refractivity contribution in [3.05, 3.63) is 100 Å². The third kappa shape index (κ3) is 5.35. The summed E-state index contributed by atoms with van der Waals surface area (Å²) in [5.74, 6) is 0. The van der Waals surface area contributed by atoms with Crippen molar-refractivity contribution in [1.82, 2.24) is 20.5 Å². The summed E-state index contributed by atoms with van der Waals surface area (Å²) < 4.78 is 0. The topological polar surface area (TPSA) is 40.2 Å². The monoisotopic (exact) mass is 440 g/mol. The second kappa shape index (κ2) is 10.6. The molecule has 0 spiro atoms. The summed E-state index contributed by atoms with van der Waals surface area (Å²) in [7, 11) is 0. The SMILES string of the molecule is CCNCc1ccc(CN(C[C@H]2Cc3ccccc3CN2)[C@H]2CCCc3cccnc32)cc1. The van der Waals surface area contributed by atoms with Crippen LogP contribution in [0, 0.1) is 0 Å². The molecular formula is C29H36N4. The van der Waals surface area contributed by atoms with E-state index in [1.54, 1.807) is 0 Å². The molecule has 2 N–H and O–H groups in total. The van der Waals surface area contributed by atoms with Gasteiger partial charge in [0.2, 0.25) is 0 Å². The summed E-state index contributed by atoms with van der Waals surface area (Å²) in [5.41, 5.74) is 8.40. The number of aromatic nitrogens is 1. The lowest BCUT2D eigenvalue weighted by atomic mass is 9.89. The van der Waals surface area contributed by atoms with Crippen LogP contribution in [-0.2, 0) is 32.5 Å². The molecule has 0 bridgehead atoms. The van der Waals surface area contributed by atoms with Gasteiger partial charge < -0.3 is 10.6 Å². The van der Waals surface area contributed by atoms with Crippen molar-refractivity contribution in [3.8, 4) is 0 Å². The zero-order valence-corrected chi connectivity index (χ0v) is 19.8. The van der Waals surface area contributed by atoms with E-state index in [1.165, 1.54) is 46.4 Å². The molecule has 172 valence electrons. The molecule has 0 saturated heterocycles. The van der Waals surface area contributed by atoms with Gasteiger partial charge in [0.15, 0.2) is 0 Å². The van der Waals surface area contributed by atoms with Crippen LogP contribution >= 0.6 is 0 Å². The summed E-state index contributed by atoms with van der Waals surface area (Å²) in [4.78, 5) is 7.56. The van der Waals surface area contributed by atoms with Crippen molar-refractivity contribution in [2.24, 2.45) is 0 Å². The van der Waals surface area contributed by atoms with E-state index in [-0.39, 0.29) is 0 Å². The zero-order valence-electron chi connectivity index (χ0n) is 19.8. The number of hydrogen-bond donors (Lipinski definition) is 2. The number of nitrogens with zero attached hydrogens (tertiary/aromatic N) is 2. The summed E-state index contributed by atoms with van der Waals surface area (Å²) in [6, 6.07) is 23.3. The highest BCUT2D eigenvalue weighted by Gasteiger charge is 2.30. The maximum absolute atomic E-state index is 4.87. The van der Waals surface area contributed by atoms with Gasteiger partial charge in [-0.15, -0.1) is 0 Å². The minimum atomic E-state index is 0.385. The minimum absolute atomic E-state index is 0.385. The number of hydrogen-bond acceptors (Lipinski definition) is 4. The second-order valence-corrected chi connectivity index (χ2v) is 9.53. The number of nitrogens with one attached hydrogen (secondary N) is 2. The molecule has 4 nitrogen and oxygen atoms in total. The maximum atomic E-state index is 4.87. The lowest BCUT2D eigenvalue weighted by Crippen LogP contribution is -2.46. The molecule has 4 heteroatoms. The van der Waals surface area contributed by atoms with E-state index in [0.29, 0.717) is 12.1 Å². The second-order valence-electron chi connectivity index (χ2n) is 9.53. The van der Waals surface area contributed by atoms with Gasteiger partial charge in [0, 0.05) is 38.4 Å². The Balaban J connectivity index is 1.37. The average molecular weight is 441 g/mol. The van der Waals surface area contributed by atoms with Crippen molar-refractivity contribution in [3.63, 3.8) is 0 Å². The van der Waals surface area contributed by atoms with Crippen molar-refractivity contribution in [2.45, 2.75) is 64.3 Å². The molecule has 1 aliphatic carbocycles. The molecule has 0 saturated carbocycles. The molecule has 2 heterocycles. The number of pyridine rings is 1. The van der Waals surface area contributed by atoms with Gasteiger partial charge in [0.1, 0.15) is 0 Å². The van der Waals surface area contributed by atoms with E-state index in [0.717, 1.165) is 45.6 Å². The highest BCUT2D eigenvalue weighted by molar-refractivity contribution is 5.31. The van der Waals surface area contributed by atoms with Gasteiger partial charge in [-0.2, -0.15) is 0 Å². The van der Waals surface area contributed by atoms with Gasteiger partial charge in [-0.05, 0) is 66.1 Å². The molecule has 33 heavy (non-hydrogen) atoms. The Morgan fingerprint density at radius 2 is 1.76 bits per heavy atom. The number of aryl methyl sites for hydroxylation is 1. The van der Waals surface area contributed by atoms with Gasteiger partial charge in [-0.1, -0.05) is 61.5 Å². The predicted octanol–water partition coefficient (Wildman–Crippen LogP) is 4.79. The molecule has 2 aromatic carbocycles. The van der Waals surface area contributed by atoms with Crippen LogP contribution in [0.15, 0.2) is 66.9 Å². The van der Waals surface area contributed by atoms with Crippen LogP contribution in [-0.4, -0.2) is 29.0 Å². The Morgan fingerprint density at radius 1 is 0.970 bits per heavy atom.